The van der Waals surface area contributed by atoms with Gasteiger partial charge in [0.15, 0.2) is 0 Å². The summed E-state index contributed by atoms with van der Waals surface area (Å²) < 4.78 is 0. The maximum atomic E-state index is 6.18. The topological polar surface area (TPSA) is 26.0 Å². The van der Waals surface area contributed by atoms with E-state index in [2.05, 4.69) is 32.9 Å². The minimum atomic E-state index is 0.406. The fraction of sp³-hybridized carbons (Fsp3) is 0.625. The van der Waals surface area contributed by atoms with Gasteiger partial charge in [-0.2, -0.15) is 0 Å². The standard InChI is InChI=1S/C16H25N/c1-11-8-13(3)16(9-12(11)2)14-6-4-5-7-15(17)10-14/h8-9,14-15H,4-7,10,17H2,1-3H3. The van der Waals surface area contributed by atoms with Crippen molar-refractivity contribution in [1.82, 2.24) is 0 Å². The van der Waals surface area contributed by atoms with E-state index in [1.807, 2.05) is 0 Å². The van der Waals surface area contributed by atoms with Gasteiger partial charge in [0.25, 0.3) is 0 Å². The highest BCUT2D eigenvalue weighted by Gasteiger charge is 2.20. The summed E-state index contributed by atoms with van der Waals surface area (Å²) >= 11 is 0. The van der Waals surface area contributed by atoms with E-state index in [0.717, 1.165) is 0 Å². The highest BCUT2D eigenvalue weighted by Crippen LogP contribution is 2.34. The Morgan fingerprint density at radius 2 is 1.59 bits per heavy atom. The second-order valence-corrected chi connectivity index (χ2v) is 5.77. The molecule has 0 saturated heterocycles. The Hall–Kier alpha value is -0.820. The van der Waals surface area contributed by atoms with Gasteiger partial charge in [-0.05, 0) is 68.2 Å². The molecule has 0 aromatic heterocycles. The third-order valence-corrected chi connectivity index (χ3v) is 4.29. The van der Waals surface area contributed by atoms with Gasteiger partial charge in [-0.3, -0.25) is 0 Å². The van der Waals surface area contributed by atoms with Gasteiger partial charge in [0.05, 0.1) is 0 Å². The maximum Gasteiger partial charge on any atom is 0.00446 e. The molecule has 1 aromatic rings. The molecule has 1 heteroatoms. The molecule has 2 N–H and O–H groups in total. The quantitative estimate of drug-likeness (QED) is 0.727. The summed E-state index contributed by atoms with van der Waals surface area (Å²) in [5.41, 5.74) is 12.0. The third-order valence-electron chi connectivity index (χ3n) is 4.29. The van der Waals surface area contributed by atoms with Crippen LogP contribution < -0.4 is 5.73 Å². The second-order valence-electron chi connectivity index (χ2n) is 5.77. The molecule has 0 amide bonds. The van der Waals surface area contributed by atoms with Crippen LogP contribution in [-0.2, 0) is 0 Å². The number of benzene rings is 1. The molecular weight excluding hydrogens is 206 g/mol. The first-order valence-electron chi connectivity index (χ1n) is 6.91. The average molecular weight is 231 g/mol. The largest absolute Gasteiger partial charge is 0.328 e. The van der Waals surface area contributed by atoms with E-state index in [9.17, 15) is 0 Å². The molecule has 1 aliphatic rings. The molecule has 94 valence electrons. The van der Waals surface area contributed by atoms with Gasteiger partial charge in [0.1, 0.15) is 0 Å². The summed E-state index contributed by atoms with van der Waals surface area (Å²) in [5, 5.41) is 0. The number of rotatable bonds is 1. The Morgan fingerprint density at radius 1 is 0.941 bits per heavy atom. The van der Waals surface area contributed by atoms with Gasteiger partial charge in [-0.25, -0.2) is 0 Å². The van der Waals surface area contributed by atoms with Gasteiger partial charge < -0.3 is 5.73 Å². The van der Waals surface area contributed by atoms with E-state index in [1.54, 1.807) is 5.56 Å². The molecule has 17 heavy (non-hydrogen) atoms. The Balaban J connectivity index is 2.28. The predicted molar refractivity (Wildman–Crippen MR) is 74.5 cm³/mol. The van der Waals surface area contributed by atoms with E-state index in [-0.39, 0.29) is 0 Å². The van der Waals surface area contributed by atoms with Gasteiger partial charge in [-0.1, -0.05) is 25.0 Å². The Kier molecular flexibility index (Phi) is 3.88. The van der Waals surface area contributed by atoms with Crippen LogP contribution in [0.5, 0.6) is 0 Å². The minimum absolute atomic E-state index is 0.406. The smallest absolute Gasteiger partial charge is 0.00446 e. The number of hydrogen-bond acceptors (Lipinski definition) is 1. The van der Waals surface area contributed by atoms with E-state index in [0.29, 0.717) is 12.0 Å². The first-order valence-corrected chi connectivity index (χ1v) is 6.91. The Morgan fingerprint density at radius 3 is 2.35 bits per heavy atom. The molecule has 0 heterocycles. The molecule has 0 spiro atoms. The van der Waals surface area contributed by atoms with Crippen LogP contribution in [0.15, 0.2) is 12.1 Å². The van der Waals surface area contributed by atoms with E-state index in [1.165, 1.54) is 48.8 Å². The van der Waals surface area contributed by atoms with Crippen LogP contribution >= 0.6 is 0 Å². The van der Waals surface area contributed by atoms with Crippen molar-refractivity contribution in [3.05, 3.63) is 34.4 Å². The van der Waals surface area contributed by atoms with Gasteiger partial charge in [-0.15, -0.1) is 0 Å². The average Bonchev–Trinajstić information content (AvgIpc) is 2.48. The molecule has 2 unspecified atom stereocenters. The van der Waals surface area contributed by atoms with Gasteiger partial charge in [0, 0.05) is 6.04 Å². The molecule has 2 rings (SSSR count). The van der Waals surface area contributed by atoms with Crippen molar-refractivity contribution >= 4 is 0 Å². The van der Waals surface area contributed by atoms with Crippen LogP contribution in [0.1, 0.15) is 60.3 Å². The fourth-order valence-electron chi connectivity index (χ4n) is 3.10. The fourth-order valence-corrected chi connectivity index (χ4v) is 3.10. The zero-order valence-corrected chi connectivity index (χ0v) is 11.4. The lowest BCUT2D eigenvalue weighted by atomic mass is 9.86. The Labute approximate surface area is 105 Å². The van der Waals surface area contributed by atoms with Gasteiger partial charge in [0.2, 0.25) is 0 Å². The summed E-state index contributed by atoms with van der Waals surface area (Å²) in [5.74, 6) is 0.687. The lowest BCUT2D eigenvalue weighted by molar-refractivity contribution is 0.533. The zero-order valence-electron chi connectivity index (χ0n) is 11.4. The van der Waals surface area contributed by atoms with E-state index < -0.39 is 0 Å². The third kappa shape index (κ3) is 2.90. The zero-order chi connectivity index (χ0) is 12.4. The first kappa shape index (κ1) is 12.6. The molecule has 0 aliphatic heterocycles. The summed E-state index contributed by atoms with van der Waals surface area (Å²) in [6.45, 7) is 6.66. The molecule has 0 radical (unpaired) electrons. The van der Waals surface area contributed by atoms with Crippen LogP contribution in [0.3, 0.4) is 0 Å². The molecule has 1 nitrogen and oxygen atoms in total. The van der Waals surface area contributed by atoms with Crippen LogP contribution in [0, 0.1) is 20.8 Å². The normalized spacial score (nSPS) is 25.6. The molecular formula is C16H25N. The number of nitrogens with two attached hydrogens (primary N) is 1. The summed E-state index contributed by atoms with van der Waals surface area (Å²) in [6, 6.07) is 5.14. The van der Waals surface area contributed by atoms with E-state index in [4.69, 9.17) is 5.73 Å². The van der Waals surface area contributed by atoms with Crippen molar-refractivity contribution in [2.75, 3.05) is 0 Å². The van der Waals surface area contributed by atoms with Crippen molar-refractivity contribution in [1.29, 1.82) is 0 Å². The first-order chi connectivity index (χ1) is 8.08. The molecule has 1 aliphatic carbocycles. The van der Waals surface area contributed by atoms with Crippen LogP contribution in [-0.4, -0.2) is 6.04 Å². The van der Waals surface area contributed by atoms with Crippen LogP contribution in [0.4, 0.5) is 0 Å². The maximum absolute atomic E-state index is 6.18. The number of hydrogen-bond donors (Lipinski definition) is 1. The lowest BCUT2D eigenvalue weighted by Crippen LogP contribution is -2.21. The summed E-state index contributed by atoms with van der Waals surface area (Å²) in [4.78, 5) is 0. The predicted octanol–water partition coefficient (Wildman–Crippen LogP) is 3.99. The Bertz CT molecular complexity index is 395. The van der Waals surface area contributed by atoms with Gasteiger partial charge >= 0.3 is 0 Å². The molecule has 2 atom stereocenters. The monoisotopic (exact) mass is 231 g/mol. The SMILES string of the molecule is Cc1cc(C)c(C2CCCCC(N)C2)cc1C. The van der Waals surface area contributed by atoms with E-state index >= 15 is 0 Å². The van der Waals surface area contributed by atoms with Crippen LogP contribution in [0.2, 0.25) is 0 Å². The highest BCUT2D eigenvalue weighted by molar-refractivity contribution is 5.38. The molecule has 1 aromatic carbocycles. The number of aryl methyl sites for hydroxylation is 3. The summed E-state index contributed by atoms with van der Waals surface area (Å²) in [6.07, 6.45) is 6.34. The summed E-state index contributed by atoms with van der Waals surface area (Å²) in [7, 11) is 0. The van der Waals surface area contributed by atoms with Crippen molar-refractivity contribution in [3.63, 3.8) is 0 Å². The molecule has 0 bridgehead atoms. The highest BCUT2D eigenvalue weighted by atomic mass is 14.6. The van der Waals surface area contributed by atoms with Crippen molar-refractivity contribution < 1.29 is 0 Å². The van der Waals surface area contributed by atoms with Crippen molar-refractivity contribution in [3.8, 4) is 0 Å². The molecule has 1 fully saturated rings. The molecule has 1 saturated carbocycles. The minimum Gasteiger partial charge on any atom is -0.328 e. The second kappa shape index (κ2) is 5.22. The van der Waals surface area contributed by atoms with Crippen molar-refractivity contribution in [2.24, 2.45) is 5.73 Å². The van der Waals surface area contributed by atoms with Crippen LogP contribution in [0.25, 0.3) is 0 Å². The van der Waals surface area contributed by atoms with Crippen molar-refractivity contribution in [2.45, 2.75) is 64.8 Å². The lowest BCUT2D eigenvalue weighted by Gasteiger charge is -2.21.